The summed E-state index contributed by atoms with van der Waals surface area (Å²) in [7, 11) is 1.94. The van der Waals surface area contributed by atoms with E-state index >= 15 is 0 Å². The van der Waals surface area contributed by atoms with E-state index in [1.54, 1.807) is 12.4 Å². The first-order valence-corrected chi connectivity index (χ1v) is 11.9. The van der Waals surface area contributed by atoms with Gasteiger partial charge >= 0.3 is 0 Å². The molecular weight excluding hydrogens is 428 g/mol. The van der Waals surface area contributed by atoms with Crippen molar-refractivity contribution in [3.8, 4) is 22.8 Å². The van der Waals surface area contributed by atoms with Crippen molar-refractivity contribution in [3.63, 3.8) is 0 Å². The number of aromatic amines is 1. The number of anilines is 2. The number of likely N-dealkylation sites (tertiary alicyclic amines) is 1. The minimum absolute atomic E-state index is 0.144. The number of amides is 1. The van der Waals surface area contributed by atoms with Crippen molar-refractivity contribution in [2.45, 2.75) is 32.7 Å². The van der Waals surface area contributed by atoms with E-state index in [1.807, 2.05) is 18.9 Å². The number of H-pyrrole nitrogens is 1. The van der Waals surface area contributed by atoms with Crippen molar-refractivity contribution < 1.29 is 4.79 Å². The molecule has 4 heterocycles. The van der Waals surface area contributed by atoms with Crippen LogP contribution < -0.4 is 16.0 Å². The van der Waals surface area contributed by atoms with E-state index in [0.717, 1.165) is 62.6 Å². The minimum Gasteiger partial charge on any atom is -0.382 e. The fourth-order valence-corrected chi connectivity index (χ4v) is 5.15. The predicted octanol–water partition coefficient (Wildman–Crippen LogP) is 2.67. The molecule has 2 aliphatic heterocycles. The number of nitrogens with zero attached hydrogens (tertiary/aromatic N) is 5. The Hall–Kier alpha value is -3.46. The van der Waals surface area contributed by atoms with E-state index in [2.05, 4.69) is 49.4 Å². The number of nitrogens with two attached hydrogens (primary N) is 1. The molecule has 1 unspecified atom stereocenters. The molecule has 1 amide bonds. The Morgan fingerprint density at radius 3 is 2.71 bits per heavy atom. The number of nitrogen functional groups attached to an aromatic ring is 1. The Morgan fingerprint density at radius 2 is 1.94 bits per heavy atom. The zero-order valence-electron chi connectivity index (χ0n) is 19.8. The Bertz CT molecular complexity index is 1170. The van der Waals surface area contributed by atoms with Crippen LogP contribution in [0.5, 0.6) is 0 Å². The van der Waals surface area contributed by atoms with Crippen molar-refractivity contribution >= 4 is 17.5 Å². The zero-order chi connectivity index (χ0) is 23.7. The van der Waals surface area contributed by atoms with E-state index < -0.39 is 0 Å². The summed E-state index contributed by atoms with van der Waals surface area (Å²) < 4.78 is 0. The molecule has 0 radical (unpaired) electrons. The Morgan fingerprint density at radius 1 is 1.15 bits per heavy atom. The molecule has 1 aromatic carbocycles. The van der Waals surface area contributed by atoms with Gasteiger partial charge in [-0.25, -0.2) is 15.0 Å². The molecule has 2 fully saturated rings. The molecule has 9 nitrogen and oxygen atoms in total. The molecule has 2 saturated heterocycles. The van der Waals surface area contributed by atoms with Gasteiger partial charge in [-0.05, 0) is 31.0 Å². The molecule has 3 aromatic rings. The predicted molar refractivity (Wildman–Crippen MR) is 133 cm³/mol. The van der Waals surface area contributed by atoms with E-state index in [9.17, 15) is 4.79 Å². The number of carbonyl (C=O) groups excluding carboxylic acids is 1. The smallest absolute Gasteiger partial charge is 0.222 e. The van der Waals surface area contributed by atoms with Gasteiger partial charge < -0.3 is 25.8 Å². The third-order valence-electron chi connectivity index (χ3n) is 7.09. The number of benzene rings is 1. The van der Waals surface area contributed by atoms with Crippen LogP contribution in [0.15, 0.2) is 36.7 Å². The van der Waals surface area contributed by atoms with Gasteiger partial charge in [0.05, 0.1) is 18.1 Å². The maximum absolute atomic E-state index is 12.2. The highest BCUT2D eigenvalue weighted by molar-refractivity contribution is 5.76. The van der Waals surface area contributed by atoms with Crippen molar-refractivity contribution in [3.05, 3.63) is 42.2 Å². The standard InChI is InChI=1S/C25H32N8O/c1-3-21(34)33-11-9-25(16-33)8-10-32(15-25)20-14-28-23(26)22(31-20)24-29-13-19(30-24)18-6-4-17(5-7-18)12-27-2/h4-7,13-14,27H,3,8-12,15-16H2,1-2H3,(H2,26,28)(H,29,30). The summed E-state index contributed by atoms with van der Waals surface area (Å²) in [6.45, 7) is 6.22. The lowest BCUT2D eigenvalue weighted by Gasteiger charge is -2.25. The maximum Gasteiger partial charge on any atom is 0.222 e. The summed E-state index contributed by atoms with van der Waals surface area (Å²) in [5.74, 6) is 2.00. The summed E-state index contributed by atoms with van der Waals surface area (Å²) in [5, 5.41) is 3.16. The number of imidazole rings is 1. The molecule has 0 bridgehead atoms. The molecule has 1 atom stereocenters. The lowest BCUT2D eigenvalue weighted by Crippen LogP contribution is -2.33. The fraction of sp³-hybridized carbons (Fsp3) is 0.440. The number of nitrogens with one attached hydrogen (secondary N) is 2. The normalized spacial score (nSPS) is 19.9. The van der Waals surface area contributed by atoms with E-state index in [1.165, 1.54) is 5.56 Å². The highest BCUT2D eigenvalue weighted by Gasteiger charge is 2.44. The van der Waals surface area contributed by atoms with Crippen LogP contribution in [0.2, 0.25) is 0 Å². The molecule has 9 heteroatoms. The third-order valence-corrected chi connectivity index (χ3v) is 7.09. The quantitative estimate of drug-likeness (QED) is 0.518. The highest BCUT2D eigenvalue weighted by atomic mass is 16.2. The molecule has 178 valence electrons. The Kier molecular flexibility index (Phi) is 5.95. The van der Waals surface area contributed by atoms with Gasteiger partial charge in [-0.15, -0.1) is 0 Å². The summed E-state index contributed by atoms with van der Waals surface area (Å²) in [6, 6.07) is 8.35. The lowest BCUT2D eigenvalue weighted by molar-refractivity contribution is -0.130. The lowest BCUT2D eigenvalue weighted by atomic mass is 9.86. The second-order valence-corrected chi connectivity index (χ2v) is 9.43. The molecule has 2 aliphatic rings. The van der Waals surface area contributed by atoms with Crippen LogP contribution in [0.25, 0.3) is 22.8 Å². The molecule has 0 aliphatic carbocycles. The summed E-state index contributed by atoms with van der Waals surface area (Å²) in [6.07, 6.45) is 6.21. The molecule has 1 spiro atoms. The first-order chi connectivity index (χ1) is 16.5. The largest absolute Gasteiger partial charge is 0.382 e. The molecule has 34 heavy (non-hydrogen) atoms. The summed E-state index contributed by atoms with van der Waals surface area (Å²) >= 11 is 0. The molecule has 2 aromatic heterocycles. The summed E-state index contributed by atoms with van der Waals surface area (Å²) in [5.41, 5.74) is 10.1. The number of aromatic nitrogens is 4. The fourth-order valence-electron chi connectivity index (χ4n) is 5.15. The third kappa shape index (κ3) is 4.23. The van der Waals surface area contributed by atoms with Gasteiger partial charge in [-0.2, -0.15) is 0 Å². The molecular formula is C25H32N8O. The van der Waals surface area contributed by atoms with Crippen molar-refractivity contribution in [1.29, 1.82) is 0 Å². The summed E-state index contributed by atoms with van der Waals surface area (Å²) in [4.78, 5) is 33.6. The highest BCUT2D eigenvalue weighted by Crippen LogP contribution is 2.41. The van der Waals surface area contributed by atoms with Gasteiger partial charge in [0.15, 0.2) is 17.3 Å². The first-order valence-electron chi connectivity index (χ1n) is 11.9. The molecule has 0 saturated carbocycles. The van der Waals surface area contributed by atoms with E-state index in [0.29, 0.717) is 23.8 Å². The average Bonchev–Trinajstić information content (AvgIpc) is 3.61. The van der Waals surface area contributed by atoms with Crippen LogP contribution in [0.3, 0.4) is 0 Å². The number of hydrogen-bond acceptors (Lipinski definition) is 7. The van der Waals surface area contributed by atoms with Crippen molar-refractivity contribution in [1.82, 2.24) is 30.2 Å². The van der Waals surface area contributed by atoms with Crippen molar-refractivity contribution in [2.24, 2.45) is 5.41 Å². The van der Waals surface area contributed by atoms with Gasteiger partial charge in [0.25, 0.3) is 0 Å². The first kappa shape index (κ1) is 22.3. The van der Waals surface area contributed by atoms with Gasteiger partial charge in [-0.3, -0.25) is 4.79 Å². The van der Waals surface area contributed by atoms with Gasteiger partial charge in [0, 0.05) is 44.6 Å². The number of hydrogen-bond donors (Lipinski definition) is 3. The average molecular weight is 461 g/mol. The van der Waals surface area contributed by atoms with E-state index in [4.69, 9.17) is 10.7 Å². The molecule has 4 N–H and O–H groups in total. The SMILES string of the molecule is CCC(=O)N1CCC2(CCN(c3cnc(N)c(-c4ncc(-c5ccc(CNC)cc5)[nH]4)n3)C2)C1. The number of carbonyl (C=O) groups is 1. The van der Waals surface area contributed by atoms with Crippen LogP contribution in [0.1, 0.15) is 31.7 Å². The van der Waals surface area contributed by atoms with Gasteiger partial charge in [-0.1, -0.05) is 31.2 Å². The monoisotopic (exact) mass is 460 g/mol. The van der Waals surface area contributed by atoms with Gasteiger partial charge in [0.2, 0.25) is 5.91 Å². The van der Waals surface area contributed by atoms with E-state index in [-0.39, 0.29) is 11.3 Å². The zero-order valence-corrected chi connectivity index (χ0v) is 19.8. The second kappa shape index (κ2) is 9.06. The van der Waals surface area contributed by atoms with Crippen LogP contribution >= 0.6 is 0 Å². The van der Waals surface area contributed by atoms with Crippen LogP contribution in [0, 0.1) is 5.41 Å². The Labute approximate surface area is 199 Å². The number of rotatable bonds is 6. The Balaban J connectivity index is 1.34. The van der Waals surface area contributed by atoms with Crippen LogP contribution in [0.4, 0.5) is 11.6 Å². The van der Waals surface area contributed by atoms with Crippen LogP contribution in [-0.4, -0.2) is 64.0 Å². The minimum atomic E-state index is 0.144. The second-order valence-electron chi connectivity index (χ2n) is 9.43. The molecule has 5 rings (SSSR count). The van der Waals surface area contributed by atoms with Gasteiger partial charge in [0.1, 0.15) is 5.82 Å². The topological polar surface area (TPSA) is 116 Å². The maximum atomic E-state index is 12.2. The van der Waals surface area contributed by atoms with Crippen LogP contribution in [-0.2, 0) is 11.3 Å². The van der Waals surface area contributed by atoms with Crippen molar-refractivity contribution in [2.75, 3.05) is 43.9 Å².